The molecule has 7 nitrogen and oxygen atoms in total. The van der Waals surface area contributed by atoms with Crippen LogP contribution in [-0.4, -0.2) is 78.4 Å². The van der Waals surface area contributed by atoms with Gasteiger partial charge in [-0.2, -0.15) is 0 Å². The van der Waals surface area contributed by atoms with Gasteiger partial charge in [0.15, 0.2) is 0 Å². The summed E-state index contributed by atoms with van der Waals surface area (Å²) >= 11 is 12.6. The monoisotopic (exact) mass is 580 g/mol. The summed E-state index contributed by atoms with van der Waals surface area (Å²) in [6, 6.07) is 19.1. The number of likely N-dealkylation sites (tertiary alicyclic amines) is 1. The van der Waals surface area contributed by atoms with Crippen LogP contribution in [0.15, 0.2) is 60.7 Å². The molecule has 2 aliphatic rings. The number of nitrogens with zero attached hydrogens (tertiary/aromatic N) is 3. The first kappa shape index (κ1) is 28.4. The fourth-order valence-electron chi connectivity index (χ4n) is 5.86. The fraction of sp³-hybridized carbons (Fsp3) is 0.387. The quantitative estimate of drug-likeness (QED) is 0.365. The lowest BCUT2D eigenvalue weighted by molar-refractivity contribution is -0.131. The highest BCUT2D eigenvalue weighted by Gasteiger charge is 2.34. The van der Waals surface area contributed by atoms with Crippen molar-refractivity contribution in [3.05, 3.63) is 81.8 Å². The Morgan fingerprint density at radius 2 is 1.77 bits per heavy atom. The van der Waals surface area contributed by atoms with Gasteiger partial charge in [0, 0.05) is 57.2 Å². The Kier molecular flexibility index (Phi) is 8.94. The molecule has 0 radical (unpaired) electrons. The van der Waals surface area contributed by atoms with Crippen molar-refractivity contribution in [2.24, 2.45) is 0 Å². The molecule has 4 amide bonds. The third-order valence-electron chi connectivity index (χ3n) is 8.09. The van der Waals surface area contributed by atoms with Gasteiger partial charge in [0.25, 0.3) is 5.91 Å². The van der Waals surface area contributed by atoms with Gasteiger partial charge in [-0.1, -0.05) is 65.7 Å². The average molecular weight is 582 g/mol. The molecule has 40 heavy (non-hydrogen) atoms. The summed E-state index contributed by atoms with van der Waals surface area (Å²) in [5.41, 5.74) is 1.73. The minimum Gasteiger partial charge on any atom is -0.341 e. The van der Waals surface area contributed by atoms with E-state index in [1.54, 1.807) is 4.90 Å². The second-order valence-electron chi connectivity index (χ2n) is 10.7. The Balaban J connectivity index is 1.26. The van der Waals surface area contributed by atoms with Gasteiger partial charge in [-0.15, -0.1) is 0 Å². The number of carbonyl (C=O) groups excluding carboxylic acids is 3. The maximum absolute atomic E-state index is 13.6. The molecule has 1 N–H and O–H groups in total. The number of likely N-dealkylation sites (N-methyl/N-ethyl adjacent to an activating group) is 1. The van der Waals surface area contributed by atoms with Crippen molar-refractivity contribution in [2.45, 2.75) is 37.6 Å². The van der Waals surface area contributed by atoms with Gasteiger partial charge < -0.3 is 15.1 Å². The van der Waals surface area contributed by atoms with Crippen molar-refractivity contribution in [2.75, 3.05) is 39.8 Å². The summed E-state index contributed by atoms with van der Waals surface area (Å²) in [6.45, 7) is 3.38. The Morgan fingerprint density at radius 3 is 2.52 bits per heavy atom. The molecular formula is C31H34Cl2N4O3. The van der Waals surface area contributed by atoms with E-state index in [4.69, 9.17) is 23.2 Å². The molecule has 2 heterocycles. The highest BCUT2D eigenvalue weighted by Crippen LogP contribution is 2.30. The topological polar surface area (TPSA) is 73.0 Å². The zero-order chi connectivity index (χ0) is 28.2. The first-order valence-corrected chi connectivity index (χ1v) is 14.6. The minimum absolute atomic E-state index is 0.0212. The van der Waals surface area contributed by atoms with Gasteiger partial charge >= 0.3 is 6.03 Å². The fourth-order valence-corrected chi connectivity index (χ4v) is 6.17. The van der Waals surface area contributed by atoms with E-state index < -0.39 is 0 Å². The number of fused-ring (bicyclic) bond motifs is 1. The van der Waals surface area contributed by atoms with Crippen molar-refractivity contribution in [1.82, 2.24) is 20.0 Å². The molecule has 210 valence electrons. The van der Waals surface area contributed by atoms with Crippen molar-refractivity contribution in [1.29, 1.82) is 0 Å². The number of nitrogens with one attached hydrogen (secondary N) is 1. The number of imide groups is 1. The Hall–Kier alpha value is -3.13. The van der Waals surface area contributed by atoms with E-state index >= 15 is 0 Å². The molecule has 0 bridgehead atoms. The lowest BCUT2D eigenvalue weighted by Gasteiger charge is -2.39. The number of rotatable bonds is 8. The van der Waals surface area contributed by atoms with Crippen LogP contribution in [-0.2, 0) is 4.79 Å². The van der Waals surface area contributed by atoms with E-state index in [0.717, 1.165) is 55.2 Å². The summed E-state index contributed by atoms with van der Waals surface area (Å²) in [4.78, 5) is 43.8. The SMILES string of the molecule is CN(C[C@@H](CCN1CCC(N2C(=O)CCNC2=O)CC1)c1ccc(Cl)c(Cl)c1)C(=O)c1cccc2ccccc12. The van der Waals surface area contributed by atoms with E-state index in [-0.39, 0.29) is 29.8 Å². The number of hydrogen-bond donors (Lipinski definition) is 1. The molecule has 0 aliphatic carbocycles. The van der Waals surface area contributed by atoms with Gasteiger partial charge in [-0.25, -0.2) is 4.79 Å². The Labute approximate surface area is 245 Å². The molecule has 2 aliphatic heterocycles. The summed E-state index contributed by atoms with van der Waals surface area (Å²) in [7, 11) is 1.85. The Morgan fingerprint density at radius 1 is 1.02 bits per heavy atom. The van der Waals surface area contributed by atoms with Crippen LogP contribution in [0.1, 0.15) is 47.5 Å². The highest BCUT2D eigenvalue weighted by atomic mass is 35.5. The predicted octanol–water partition coefficient (Wildman–Crippen LogP) is 5.80. The number of halogens is 2. The summed E-state index contributed by atoms with van der Waals surface area (Å²) in [5.74, 6) is -0.0567. The minimum atomic E-state index is -0.270. The van der Waals surface area contributed by atoms with Crippen LogP contribution in [0.25, 0.3) is 10.8 Å². The lowest BCUT2D eigenvalue weighted by atomic mass is 9.93. The molecule has 9 heteroatoms. The summed E-state index contributed by atoms with van der Waals surface area (Å²) in [5, 5.41) is 5.77. The molecule has 0 unspecified atom stereocenters. The molecule has 5 rings (SSSR count). The van der Waals surface area contributed by atoms with Crippen LogP contribution >= 0.6 is 23.2 Å². The number of carbonyl (C=O) groups is 3. The standard InChI is InChI=1S/C31H34Cl2N4O3/c1-35(30(39)26-8-4-6-21-5-2-3-7-25(21)26)20-23(22-9-10-27(32)28(33)19-22)12-16-36-17-13-24(14-18-36)37-29(38)11-15-34-31(37)40/h2-10,19,23-24H,11-18,20H2,1H3,(H,34,40)/t23-/m1/s1. The molecule has 0 spiro atoms. The van der Waals surface area contributed by atoms with Crippen molar-refractivity contribution >= 4 is 51.8 Å². The molecule has 3 aromatic carbocycles. The summed E-state index contributed by atoms with van der Waals surface area (Å²) < 4.78 is 0. The molecule has 1 atom stereocenters. The maximum atomic E-state index is 13.6. The van der Waals surface area contributed by atoms with E-state index in [9.17, 15) is 14.4 Å². The van der Waals surface area contributed by atoms with Crippen LogP contribution in [0.4, 0.5) is 4.79 Å². The van der Waals surface area contributed by atoms with E-state index in [0.29, 0.717) is 35.1 Å². The Bertz CT molecular complexity index is 1390. The van der Waals surface area contributed by atoms with E-state index in [1.165, 1.54) is 4.90 Å². The summed E-state index contributed by atoms with van der Waals surface area (Å²) in [6.07, 6.45) is 2.70. The number of piperidine rings is 1. The van der Waals surface area contributed by atoms with Gasteiger partial charge in [-0.05, 0) is 60.3 Å². The van der Waals surface area contributed by atoms with Crippen molar-refractivity contribution < 1.29 is 14.4 Å². The normalized spacial score (nSPS) is 17.6. The molecule has 2 fully saturated rings. The smallest absolute Gasteiger partial charge is 0.324 e. The predicted molar refractivity (Wildman–Crippen MR) is 159 cm³/mol. The molecule has 0 saturated carbocycles. The van der Waals surface area contributed by atoms with E-state index in [1.807, 2.05) is 67.7 Å². The molecule has 2 saturated heterocycles. The number of urea groups is 1. The average Bonchev–Trinajstić information content (AvgIpc) is 2.96. The highest BCUT2D eigenvalue weighted by molar-refractivity contribution is 6.42. The molecular weight excluding hydrogens is 547 g/mol. The van der Waals surface area contributed by atoms with E-state index in [2.05, 4.69) is 10.2 Å². The number of benzene rings is 3. The van der Waals surface area contributed by atoms with Crippen LogP contribution in [0.3, 0.4) is 0 Å². The zero-order valence-electron chi connectivity index (χ0n) is 22.6. The number of hydrogen-bond acceptors (Lipinski definition) is 4. The first-order chi connectivity index (χ1) is 19.3. The van der Waals surface area contributed by atoms with Crippen molar-refractivity contribution in [3.63, 3.8) is 0 Å². The first-order valence-electron chi connectivity index (χ1n) is 13.8. The maximum Gasteiger partial charge on any atom is 0.324 e. The second kappa shape index (κ2) is 12.6. The van der Waals surface area contributed by atoms with Gasteiger partial charge in [-0.3, -0.25) is 14.5 Å². The molecule has 0 aromatic heterocycles. The van der Waals surface area contributed by atoms with Gasteiger partial charge in [0.1, 0.15) is 0 Å². The van der Waals surface area contributed by atoms with Crippen molar-refractivity contribution in [3.8, 4) is 0 Å². The number of amides is 4. The van der Waals surface area contributed by atoms with Crippen LogP contribution in [0.5, 0.6) is 0 Å². The van der Waals surface area contributed by atoms with Crippen LogP contribution in [0, 0.1) is 0 Å². The van der Waals surface area contributed by atoms with Gasteiger partial charge in [0.2, 0.25) is 5.91 Å². The van der Waals surface area contributed by atoms with Gasteiger partial charge in [0.05, 0.1) is 10.0 Å². The largest absolute Gasteiger partial charge is 0.341 e. The lowest BCUT2D eigenvalue weighted by Crippen LogP contribution is -2.56. The second-order valence-corrected chi connectivity index (χ2v) is 11.5. The third kappa shape index (κ3) is 6.27. The van der Waals surface area contributed by atoms with Crippen LogP contribution in [0.2, 0.25) is 10.0 Å². The van der Waals surface area contributed by atoms with Crippen LogP contribution < -0.4 is 5.32 Å². The zero-order valence-corrected chi connectivity index (χ0v) is 24.1. The molecule has 3 aromatic rings. The third-order valence-corrected chi connectivity index (χ3v) is 8.83.